The number of H-pyrrole nitrogens is 1. The molecule has 1 amide bonds. The van der Waals surface area contributed by atoms with E-state index in [9.17, 15) is 4.79 Å². The number of hydrogen-bond acceptors (Lipinski definition) is 3. The highest BCUT2D eigenvalue weighted by atomic mass is 16.3. The van der Waals surface area contributed by atoms with Crippen molar-refractivity contribution < 1.29 is 9.90 Å². The van der Waals surface area contributed by atoms with Gasteiger partial charge in [-0.2, -0.15) is 5.10 Å². The molecule has 1 heterocycles. The highest BCUT2D eigenvalue weighted by Crippen LogP contribution is 2.18. The largest absolute Gasteiger partial charge is 0.396 e. The lowest BCUT2D eigenvalue weighted by atomic mass is 10.1. The summed E-state index contributed by atoms with van der Waals surface area (Å²) in [7, 11) is 0. The summed E-state index contributed by atoms with van der Waals surface area (Å²) in [5.41, 5.74) is 3.31. The zero-order chi connectivity index (χ0) is 14.5. The molecule has 0 aliphatic carbocycles. The molecule has 0 aliphatic heterocycles. The molecule has 106 valence electrons. The van der Waals surface area contributed by atoms with E-state index in [1.165, 1.54) is 5.56 Å². The number of nitrogens with zero attached hydrogens (tertiary/aromatic N) is 1. The summed E-state index contributed by atoms with van der Waals surface area (Å²) in [6, 6.07) is 9.62. The Kier molecular flexibility index (Phi) is 4.53. The summed E-state index contributed by atoms with van der Waals surface area (Å²) in [4.78, 5) is 12.0. The minimum absolute atomic E-state index is 0.0546. The van der Waals surface area contributed by atoms with Crippen LogP contribution >= 0.6 is 0 Å². The van der Waals surface area contributed by atoms with E-state index in [1.807, 2.05) is 38.1 Å². The normalized spacial score (nSPS) is 12.2. The average molecular weight is 273 g/mol. The number of amides is 1. The van der Waals surface area contributed by atoms with Crippen LogP contribution in [0.3, 0.4) is 0 Å². The van der Waals surface area contributed by atoms with E-state index in [2.05, 4.69) is 15.5 Å². The monoisotopic (exact) mass is 273 g/mol. The molecule has 0 bridgehead atoms. The van der Waals surface area contributed by atoms with Gasteiger partial charge >= 0.3 is 0 Å². The van der Waals surface area contributed by atoms with Crippen molar-refractivity contribution in [2.45, 2.75) is 26.3 Å². The van der Waals surface area contributed by atoms with Crippen molar-refractivity contribution in [1.29, 1.82) is 0 Å². The Morgan fingerprint density at radius 2 is 2.10 bits per heavy atom. The number of rotatable bonds is 5. The van der Waals surface area contributed by atoms with Crippen molar-refractivity contribution in [2.75, 3.05) is 6.61 Å². The zero-order valence-corrected chi connectivity index (χ0v) is 11.7. The molecule has 3 N–H and O–H groups in total. The van der Waals surface area contributed by atoms with Gasteiger partial charge in [0.2, 0.25) is 0 Å². The van der Waals surface area contributed by atoms with Crippen LogP contribution < -0.4 is 5.32 Å². The molecule has 0 saturated heterocycles. The van der Waals surface area contributed by atoms with E-state index >= 15 is 0 Å². The molecule has 1 aromatic carbocycles. The predicted octanol–water partition coefficient (Wildman–Crippen LogP) is 1.89. The van der Waals surface area contributed by atoms with E-state index in [4.69, 9.17) is 5.11 Å². The molecular formula is C15H19N3O2. The van der Waals surface area contributed by atoms with Gasteiger partial charge in [-0.25, -0.2) is 0 Å². The van der Waals surface area contributed by atoms with Crippen LogP contribution in [0, 0.1) is 6.92 Å². The summed E-state index contributed by atoms with van der Waals surface area (Å²) in [5, 5.41) is 18.5. The van der Waals surface area contributed by atoms with Gasteiger partial charge in [-0.1, -0.05) is 29.8 Å². The van der Waals surface area contributed by atoms with Crippen molar-refractivity contribution in [3.63, 3.8) is 0 Å². The second-order valence-corrected chi connectivity index (χ2v) is 4.92. The quantitative estimate of drug-likeness (QED) is 0.778. The van der Waals surface area contributed by atoms with Gasteiger partial charge in [-0.15, -0.1) is 0 Å². The lowest BCUT2D eigenvalue weighted by Gasteiger charge is -2.10. The minimum atomic E-state index is -0.211. The SMILES string of the molecule is Cc1ccc(-c2cc(C(=O)NC(C)CCO)[nH]n2)cc1. The van der Waals surface area contributed by atoms with E-state index in [-0.39, 0.29) is 18.6 Å². The molecule has 5 heteroatoms. The molecule has 1 unspecified atom stereocenters. The summed E-state index contributed by atoms with van der Waals surface area (Å²) in [6.45, 7) is 3.93. The second kappa shape index (κ2) is 6.34. The molecule has 0 aliphatic rings. The van der Waals surface area contributed by atoms with Gasteiger partial charge in [0, 0.05) is 18.2 Å². The molecule has 1 aromatic heterocycles. The number of benzene rings is 1. The van der Waals surface area contributed by atoms with Crippen LogP contribution in [-0.4, -0.2) is 33.9 Å². The van der Waals surface area contributed by atoms with Gasteiger partial charge in [-0.3, -0.25) is 9.89 Å². The van der Waals surface area contributed by atoms with Crippen LogP contribution in [0.4, 0.5) is 0 Å². The molecule has 2 rings (SSSR count). The first-order chi connectivity index (χ1) is 9.60. The molecule has 0 spiro atoms. The Balaban J connectivity index is 2.08. The first kappa shape index (κ1) is 14.3. The predicted molar refractivity (Wildman–Crippen MR) is 77.4 cm³/mol. The number of aromatic nitrogens is 2. The number of carbonyl (C=O) groups excluding carboxylic acids is 1. The highest BCUT2D eigenvalue weighted by Gasteiger charge is 2.13. The average Bonchev–Trinajstić information content (AvgIpc) is 2.89. The maximum absolute atomic E-state index is 12.0. The van der Waals surface area contributed by atoms with Gasteiger partial charge < -0.3 is 10.4 Å². The first-order valence-corrected chi connectivity index (χ1v) is 6.64. The van der Waals surface area contributed by atoms with Gasteiger partial charge in [0.15, 0.2) is 0 Å². The van der Waals surface area contributed by atoms with Crippen LogP contribution in [0.15, 0.2) is 30.3 Å². The van der Waals surface area contributed by atoms with E-state index < -0.39 is 0 Å². The number of aryl methyl sites for hydroxylation is 1. The second-order valence-electron chi connectivity index (χ2n) is 4.92. The van der Waals surface area contributed by atoms with Crippen LogP contribution in [0.1, 0.15) is 29.4 Å². The molecule has 0 radical (unpaired) electrons. The van der Waals surface area contributed by atoms with Gasteiger partial charge in [0.1, 0.15) is 5.69 Å². The van der Waals surface area contributed by atoms with Crippen LogP contribution in [0.25, 0.3) is 11.3 Å². The third-order valence-electron chi connectivity index (χ3n) is 3.11. The maximum atomic E-state index is 12.0. The molecule has 1 atom stereocenters. The van der Waals surface area contributed by atoms with Crippen molar-refractivity contribution >= 4 is 5.91 Å². The van der Waals surface area contributed by atoms with Gasteiger partial charge in [0.25, 0.3) is 5.91 Å². The Hall–Kier alpha value is -2.14. The summed E-state index contributed by atoms with van der Waals surface area (Å²) in [6.07, 6.45) is 0.532. The van der Waals surface area contributed by atoms with Crippen molar-refractivity contribution in [1.82, 2.24) is 15.5 Å². The Bertz CT molecular complexity index is 575. The first-order valence-electron chi connectivity index (χ1n) is 6.64. The van der Waals surface area contributed by atoms with Crippen molar-refractivity contribution in [3.8, 4) is 11.3 Å². The van der Waals surface area contributed by atoms with Gasteiger partial charge in [-0.05, 0) is 26.3 Å². The summed E-state index contributed by atoms with van der Waals surface area (Å²) < 4.78 is 0. The molecule has 2 aromatic rings. The summed E-state index contributed by atoms with van der Waals surface area (Å²) in [5.74, 6) is -0.211. The topological polar surface area (TPSA) is 78.0 Å². The van der Waals surface area contributed by atoms with Crippen LogP contribution in [0.2, 0.25) is 0 Å². The number of nitrogens with one attached hydrogen (secondary N) is 2. The number of aliphatic hydroxyl groups excluding tert-OH is 1. The zero-order valence-electron chi connectivity index (χ0n) is 11.7. The lowest BCUT2D eigenvalue weighted by Crippen LogP contribution is -2.33. The lowest BCUT2D eigenvalue weighted by molar-refractivity contribution is 0.0929. The van der Waals surface area contributed by atoms with E-state index in [0.717, 1.165) is 11.3 Å². The van der Waals surface area contributed by atoms with Crippen LogP contribution in [-0.2, 0) is 0 Å². The molecule has 0 saturated carbocycles. The Morgan fingerprint density at radius 1 is 1.40 bits per heavy atom. The van der Waals surface area contributed by atoms with Gasteiger partial charge in [0.05, 0.1) is 5.69 Å². The smallest absolute Gasteiger partial charge is 0.269 e. The third kappa shape index (κ3) is 3.45. The number of aromatic amines is 1. The number of carbonyl (C=O) groups is 1. The fraction of sp³-hybridized carbons (Fsp3) is 0.333. The minimum Gasteiger partial charge on any atom is -0.396 e. The fourth-order valence-electron chi connectivity index (χ4n) is 1.88. The van der Waals surface area contributed by atoms with E-state index in [1.54, 1.807) is 6.07 Å². The van der Waals surface area contributed by atoms with E-state index in [0.29, 0.717) is 12.1 Å². The molecular weight excluding hydrogens is 254 g/mol. The van der Waals surface area contributed by atoms with Crippen molar-refractivity contribution in [2.24, 2.45) is 0 Å². The summed E-state index contributed by atoms with van der Waals surface area (Å²) >= 11 is 0. The van der Waals surface area contributed by atoms with Crippen molar-refractivity contribution in [3.05, 3.63) is 41.6 Å². The Labute approximate surface area is 118 Å². The molecule has 20 heavy (non-hydrogen) atoms. The standard InChI is InChI=1S/C15H19N3O2/c1-10-3-5-12(6-4-10)13-9-14(18-17-13)15(20)16-11(2)7-8-19/h3-6,9,11,19H,7-8H2,1-2H3,(H,16,20)(H,17,18). The molecule has 0 fully saturated rings. The fourth-order valence-corrected chi connectivity index (χ4v) is 1.88. The third-order valence-corrected chi connectivity index (χ3v) is 3.11. The Morgan fingerprint density at radius 3 is 2.75 bits per heavy atom. The molecule has 5 nitrogen and oxygen atoms in total. The number of aliphatic hydroxyl groups is 1. The number of hydrogen-bond donors (Lipinski definition) is 3. The highest BCUT2D eigenvalue weighted by molar-refractivity contribution is 5.93. The van der Waals surface area contributed by atoms with Crippen LogP contribution in [0.5, 0.6) is 0 Å². The maximum Gasteiger partial charge on any atom is 0.269 e.